The average Bonchev–Trinajstić information content (AvgIpc) is 2.82. The zero-order valence-electron chi connectivity index (χ0n) is 14.3. The number of aromatic amines is 1. The number of H-pyrrole nitrogens is 1. The lowest BCUT2D eigenvalue weighted by molar-refractivity contribution is 0.0521. The summed E-state index contributed by atoms with van der Waals surface area (Å²) in [5, 5.41) is 0. The van der Waals surface area contributed by atoms with Gasteiger partial charge in [-0.2, -0.15) is 0 Å². The summed E-state index contributed by atoms with van der Waals surface area (Å²) in [4.78, 5) is 15.0. The minimum Gasteiger partial charge on any atom is -0.462 e. The lowest BCUT2D eigenvalue weighted by atomic mass is 10.2. The Morgan fingerprint density at radius 2 is 1.75 bits per heavy atom. The van der Waals surface area contributed by atoms with Crippen molar-refractivity contribution < 1.29 is 17.9 Å². The van der Waals surface area contributed by atoms with Crippen molar-refractivity contribution in [2.45, 2.75) is 39.1 Å². The van der Waals surface area contributed by atoms with E-state index in [1.807, 2.05) is 31.2 Å². The summed E-state index contributed by atoms with van der Waals surface area (Å²) in [6.45, 7) is 7.24. The van der Waals surface area contributed by atoms with E-state index in [1.54, 1.807) is 20.8 Å². The van der Waals surface area contributed by atoms with Crippen LogP contribution in [-0.4, -0.2) is 26.0 Å². The number of hydrogen-bond acceptors (Lipinski definition) is 4. The van der Waals surface area contributed by atoms with Crippen molar-refractivity contribution >= 4 is 16.0 Å². The number of hydrogen-bond donors (Lipinski definition) is 2. The van der Waals surface area contributed by atoms with E-state index < -0.39 is 16.0 Å². The molecule has 0 aliphatic carbocycles. The van der Waals surface area contributed by atoms with Crippen LogP contribution < -0.4 is 4.72 Å². The van der Waals surface area contributed by atoms with E-state index in [2.05, 4.69) is 9.71 Å². The van der Waals surface area contributed by atoms with E-state index in [9.17, 15) is 13.2 Å². The highest BCUT2D eigenvalue weighted by Gasteiger charge is 2.29. The van der Waals surface area contributed by atoms with Gasteiger partial charge in [0, 0.05) is 17.9 Å². The summed E-state index contributed by atoms with van der Waals surface area (Å²) in [5.41, 5.74) is 2.88. The summed E-state index contributed by atoms with van der Waals surface area (Å²) in [7, 11) is -3.85. The zero-order valence-corrected chi connectivity index (χ0v) is 15.1. The van der Waals surface area contributed by atoms with Crippen LogP contribution in [-0.2, 0) is 21.3 Å². The standard InChI is InChI=1S/C17H22N2O4S/c1-5-23-17(20)15-12(3)19-13(4)16(15)24(21,22)18-10-14-8-6-11(2)7-9-14/h6-9,18-19H,5,10H2,1-4H3. The third-order valence-electron chi connectivity index (χ3n) is 3.65. The fourth-order valence-corrected chi connectivity index (χ4v) is 3.96. The van der Waals surface area contributed by atoms with Crippen LogP contribution >= 0.6 is 0 Å². The van der Waals surface area contributed by atoms with Crippen molar-refractivity contribution in [2.24, 2.45) is 0 Å². The Hall–Kier alpha value is -2.12. The molecular weight excluding hydrogens is 328 g/mol. The molecule has 0 aliphatic rings. The Kier molecular flexibility index (Phi) is 5.46. The van der Waals surface area contributed by atoms with Crippen molar-refractivity contribution in [2.75, 3.05) is 6.61 Å². The lowest BCUT2D eigenvalue weighted by Crippen LogP contribution is -2.25. The third kappa shape index (κ3) is 3.85. The Balaban J connectivity index is 2.32. The van der Waals surface area contributed by atoms with Gasteiger partial charge in [-0.15, -0.1) is 0 Å². The van der Waals surface area contributed by atoms with Crippen molar-refractivity contribution in [3.05, 3.63) is 52.3 Å². The molecule has 0 aliphatic heterocycles. The molecule has 0 atom stereocenters. The van der Waals surface area contributed by atoms with E-state index in [4.69, 9.17) is 4.74 Å². The predicted octanol–water partition coefficient (Wildman–Crippen LogP) is 2.60. The number of carbonyl (C=O) groups excluding carboxylic acids is 1. The highest BCUT2D eigenvalue weighted by Crippen LogP contribution is 2.24. The summed E-state index contributed by atoms with van der Waals surface area (Å²) in [5.74, 6) is -0.643. The maximum Gasteiger partial charge on any atom is 0.341 e. The van der Waals surface area contributed by atoms with Crippen LogP contribution in [0.4, 0.5) is 0 Å². The molecule has 1 heterocycles. The van der Waals surface area contributed by atoms with Crippen LogP contribution in [0, 0.1) is 20.8 Å². The number of esters is 1. The van der Waals surface area contributed by atoms with Crippen LogP contribution in [0.25, 0.3) is 0 Å². The van der Waals surface area contributed by atoms with Crippen LogP contribution in [0.5, 0.6) is 0 Å². The van der Waals surface area contributed by atoms with Gasteiger partial charge in [0.2, 0.25) is 10.0 Å². The summed E-state index contributed by atoms with van der Waals surface area (Å²) in [6.07, 6.45) is 0. The molecule has 0 radical (unpaired) electrons. The van der Waals surface area contributed by atoms with Crippen LogP contribution in [0.1, 0.15) is 39.8 Å². The van der Waals surface area contributed by atoms with Crippen molar-refractivity contribution in [1.29, 1.82) is 0 Å². The molecule has 0 spiro atoms. The van der Waals surface area contributed by atoms with Gasteiger partial charge in [-0.05, 0) is 33.3 Å². The first-order chi connectivity index (χ1) is 11.3. The first kappa shape index (κ1) is 18.2. The van der Waals surface area contributed by atoms with Crippen LogP contribution in [0.3, 0.4) is 0 Å². The smallest absolute Gasteiger partial charge is 0.341 e. The van der Waals surface area contributed by atoms with E-state index >= 15 is 0 Å². The molecule has 130 valence electrons. The monoisotopic (exact) mass is 350 g/mol. The second-order valence-corrected chi connectivity index (χ2v) is 7.31. The van der Waals surface area contributed by atoms with E-state index in [0.29, 0.717) is 11.4 Å². The third-order valence-corrected chi connectivity index (χ3v) is 5.23. The number of aryl methyl sites for hydroxylation is 3. The SMILES string of the molecule is CCOC(=O)c1c(C)[nH]c(C)c1S(=O)(=O)NCc1ccc(C)cc1. The van der Waals surface area contributed by atoms with Gasteiger partial charge in [0.05, 0.1) is 6.61 Å². The fraction of sp³-hybridized carbons (Fsp3) is 0.353. The quantitative estimate of drug-likeness (QED) is 0.784. The molecular formula is C17H22N2O4S. The maximum atomic E-state index is 12.7. The Morgan fingerprint density at radius 1 is 1.12 bits per heavy atom. The summed E-state index contributed by atoms with van der Waals surface area (Å²) in [6, 6.07) is 7.55. The van der Waals surface area contributed by atoms with Gasteiger partial charge in [-0.1, -0.05) is 29.8 Å². The second kappa shape index (κ2) is 7.19. The molecule has 6 nitrogen and oxygen atoms in total. The molecule has 7 heteroatoms. The zero-order chi connectivity index (χ0) is 17.9. The van der Waals surface area contributed by atoms with Gasteiger partial charge < -0.3 is 9.72 Å². The van der Waals surface area contributed by atoms with E-state index in [0.717, 1.165) is 11.1 Å². The van der Waals surface area contributed by atoms with Gasteiger partial charge in [0.25, 0.3) is 0 Å². The first-order valence-corrected chi connectivity index (χ1v) is 9.16. The second-order valence-electron chi connectivity index (χ2n) is 5.61. The molecule has 0 amide bonds. The number of carbonyl (C=O) groups is 1. The van der Waals surface area contributed by atoms with Gasteiger partial charge in [0.15, 0.2) is 0 Å². The largest absolute Gasteiger partial charge is 0.462 e. The maximum absolute atomic E-state index is 12.7. The first-order valence-electron chi connectivity index (χ1n) is 7.67. The topological polar surface area (TPSA) is 88.3 Å². The normalized spacial score (nSPS) is 11.5. The summed E-state index contributed by atoms with van der Waals surface area (Å²) >= 11 is 0. The fourth-order valence-electron chi connectivity index (χ4n) is 2.50. The Labute approximate surface area is 142 Å². The molecule has 0 fully saturated rings. The van der Waals surface area contributed by atoms with Crippen molar-refractivity contribution in [3.8, 4) is 0 Å². The average molecular weight is 350 g/mol. The van der Waals surface area contributed by atoms with Gasteiger partial charge >= 0.3 is 5.97 Å². The van der Waals surface area contributed by atoms with Crippen molar-refractivity contribution in [1.82, 2.24) is 9.71 Å². The van der Waals surface area contributed by atoms with Gasteiger partial charge in [-0.3, -0.25) is 0 Å². The van der Waals surface area contributed by atoms with Gasteiger partial charge in [-0.25, -0.2) is 17.9 Å². The number of ether oxygens (including phenoxy) is 1. The molecule has 2 aromatic rings. The number of benzene rings is 1. The number of nitrogens with one attached hydrogen (secondary N) is 2. The number of rotatable bonds is 6. The highest BCUT2D eigenvalue weighted by molar-refractivity contribution is 7.89. The van der Waals surface area contributed by atoms with Crippen molar-refractivity contribution in [3.63, 3.8) is 0 Å². The van der Waals surface area contributed by atoms with Crippen LogP contribution in [0.15, 0.2) is 29.2 Å². The summed E-state index contributed by atoms with van der Waals surface area (Å²) < 4.78 is 32.9. The minimum absolute atomic E-state index is 0.0504. The highest BCUT2D eigenvalue weighted by atomic mass is 32.2. The molecule has 0 saturated carbocycles. The van der Waals surface area contributed by atoms with E-state index in [-0.39, 0.29) is 23.6 Å². The van der Waals surface area contributed by atoms with E-state index in [1.165, 1.54) is 0 Å². The molecule has 2 rings (SSSR count). The molecule has 0 saturated heterocycles. The predicted molar refractivity (Wildman–Crippen MR) is 91.4 cm³/mol. The molecule has 24 heavy (non-hydrogen) atoms. The minimum atomic E-state index is -3.85. The Morgan fingerprint density at radius 3 is 2.33 bits per heavy atom. The Bertz CT molecular complexity index is 836. The van der Waals surface area contributed by atoms with Gasteiger partial charge in [0.1, 0.15) is 10.5 Å². The molecule has 0 unspecified atom stereocenters. The number of aromatic nitrogens is 1. The molecule has 2 N–H and O–H groups in total. The lowest BCUT2D eigenvalue weighted by Gasteiger charge is -2.09. The number of sulfonamides is 1. The molecule has 0 bridgehead atoms. The molecule has 1 aromatic carbocycles. The molecule has 1 aromatic heterocycles. The van der Waals surface area contributed by atoms with Crippen LogP contribution in [0.2, 0.25) is 0 Å².